The number of amides is 1. The van der Waals surface area contributed by atoms with Crippen LogP contribution in [-0.2, 0) is 18.2 Å². The average molecular weight is 333 g/mol. The summed E-state index contributed by atoms with van der Waals surface area (Å²) in [6.45, 7) is 4.54. The number of aryl methyl sites for hydroxylation is 2. The molecule has 0 bridgehead atoms. The number of carbonyl (C=O) groups excluding carboxylic acids is 1. The predicted molar refractivity (Wildman–Crippen MR) is 88.0 cm³/mol. The molecule has 122 valence electrons. The van der Waals surface area contributed by atoms with Crippen LogP contribution in [0.4, 0.5) is 0 Å². The molecule has 1 amide bonds. The van der Waals surface area contributed by atoms with Crippen LogP contribution >= 0.6 is 11.3 Å². The molecule has 0 fully saturated rings. The van der Waals surface area contributed by atoms with E-state index in [1.165, 1.54) is 9.56 Å². The van der Waals surface area contributed by atoms with Crippen LogP contribution < -0.4 is 10.9 Å². The third-order valence-corrected chi connectivity index (χ3v) is 5.17. The quantitative estimate of drug-likeness (QED) is 0.924. The van der Waals surface area contributed by atoms with Crippen molar-refractivity contribution in [3.63, 3.8) is 0 Å². The lowest BCUT2D eigenvalue weighted by Gasteiger charge is -2.23. The van der Waals surface area contributed by atoms with E-state index in [1.807, 2.05) is 11.4 Å². The molecule has 1 aliphatic rings. The van der Waals surface area contributed by atoms with Gasteiger partial charge in [-0.2, -0.15) is 5.10 Å². The van der Waals surface area contributed by atoms with Gasteiger partial charge >= 0.3 is 0 Å². The molecule has 0 aliphatic carbocycles. The number of aromatic nitrogens is 2. The van der Waals surface area contributed by atoms with Crippen molar-refractivity contribution in [3.05, 3.63) is 49.1 Å². The van der Waals surface area contributed by atoms with E-state index in [0.29, 0.717) is 24.4 Å². The van der Waals surface area contributed by atoms with E-state index in [2.05, 4.69) is 10.4 Å². The van der Waals surface area contributed by atoms with Gasteiger partial charge < -0.3 is 10.1 Å². The molecule has 2 aromatic rings. The van der Waals surface area contributed by atoms with Crippen molar-refractivity contribution in [1.82, 2.24) is 15.1 Å². The van der Waals surface area contributed by atoms with Gasteiger partial charge in [-0.1, -0.05) is 0 Å². The lowest BCUT2D eigenvalue weighted by molar-refractivity contribution is 0.0423. The molecule has 2 aromatic heterocycles. The number of hydrogen-bond donors (Lipinski definition) is 1. The van der Waals surface area contributed by atoms with E-state index in [9.17, 15) is 9.59 Å². The highest BCUT2D eigenvalue weighted by Crippen LogP contribution is 2.30. The number of fused-ring (bicyclic) bond motifs is 1. The Labute approximate surface area is 138 Å². The third-order valence-electron chi connectivity index (χ3n) is 4.18. The summed E-state index contributed by atoms with van der Waals surface area (Å²) in [6, 6.07) is 2.04. The summed E-state index contributed by atoms with van der Waals surface area (Å²) in [6.07, 6.45) is 0.765. The monoisotopic (exact) mass is 333 g/mol. The lowest BCUT2D eigenvalue weighted by Crippen LogP contribution is -2.37. The summed E-state index contributed by atoms with van der Waals surface area (Å²) in [5, 5.41) is 8.97. The van der Waals surface area contributed by atoms with Crippen molar-refractivity contribution >= 4 is 17.2 Å². The topological polar surface area (TPSA) is 73.2 Å². The highest BCUT2D eigenvalue weighted by atomic mass is 32.1. The average Bonchev–Trinajstić information content (AvgIpc) is 3.00. The van der Waals surface area contributed by atoms with Crippen LogP contribution in [0.3, 0.4) is 0 Å². The maximum atomic E-state index is 12.5. The van der Waals surface area contributed by atoms with Gasteiger partial charge in [0.25, 0.3) is 11.5 Å². The molecule has 6 nitrogen and oxygen atoms in total. The Morgan fingerprint density at radius 1 is 1.52 bits per heavy atom. The fourth-order valence-electron chi connectivity index (χ4n) is 2.78. The fraction of sp³-hybridized carbons (Fsp3) is 0.438. The van der Waals surface area contributed by atoms with Crippen LogP contribution in [0.1, 0.15) is 38.2 Å². The molecule has 0 radical (unpaired) electrons. The van der Waals surface area contributed by atoms with Crippen LogP contribution in [0.5, 0.6) is 0 Å². The number of thiophene rings is 1. The maximum Gasteiger partial charge on any atom is 0.279 e. The lowest BCUT2D eigenvalue weighted by atomic mass is 10.1. The predicted octanol–water partition coefficient (Wildman–Crippen LogP) is 1.50. The van der Waals surface area contributed by atoms with Crippen LogP contribution in [0, 0.1) is 13.8 Å². The zero-order valence-corrected chi connectivity index (χ0v) is 14.2. The van der Waals surface area contributed by atoms with Gasteiger partial charge in [0.05, 0.1) is 12.3 Å². The third kappa shape index (κ3) is 2.94. The normalized spacial score (nSPS) is 16.9. The molecule has 0 saturated carbocycles. The van der Waals surface area contributed by atoms with Gasteiger partial charge in [0.2, 0.25) is 0 Å². The van der Waals surface area contributed by atoms with E-state index in [1.54, 1.807) is 32.2 Å². The van der Waals surface area contributed by atoms with Crippen molar-refractivity contribution in [2.45, 2.75) is 26.4 Å². The minimum atomic E-state index is -0.383. The second kappa shape index (κ2) is 6.25. The Hall–Kier alpha value is -1.99. The molecule has 0 spiro atoms. The molecule has 7 heteroatoms. The highest BCUT2D eigenvalue weighted by Gasteiger charge is 2.24. The van der Waals surface area contributed by atoms with Crippen molar-refractivity contribution in [1.29, 1.82) is 0 Å². The largest absolute Gasteiger partial charge is 0.371 e. The number of rotatable bonds is 3. The van der Waals surface area contributed by atoms with Crippen molar-refractivity contribution in [2.75, 3.05) is 13.2 Å². The highest BCUT2D eigenvalue weighted by molar-refractivity contribution is 7.10. The zero-order valence-electron chi connectivity index (χ0n) is 13.4. The minimum Gasteiger partial charge on any atom is -0.371 e. The Bertz CT molecular complexity index is 809. The fourth-order valence-corrected chi connectivity index (χ4v) is 3.70. The summed E-state index contributed by atoms with van der Waals surface area (Å²) < 4.78 is 6.95. The van der Waals surface area contributed by atoms with Crippen LogP contribution in [0.15, 0.2) is 16.2 Å². The number of carbonyl (C=O) groups is 1. The van der Waals surface area contributed by atoms with E-state index < -0.39 is 0 Å². The van der Waals surface area contributed by atoms with Gasteiger partial charge in [0.1, 0.15) is 11.7 Å². The smallest absolute Gasteiger partial charge is 0.279 e. The zero-order chi connectivity index (χ0) is 16.6. The van der Waals surface area contributed by atoms with Gasteiger partial charge in [0.15, 0.2) is 0 Å². The van der Waals surface area contributed by atoms with Gasteiger partial charge in [-0.15, -0.1) is 11.3 Å². The minimum absolute atomic E-state index is 0.152. The Balaban J connectivity index is 1.79. The summed E-state index contributed by atoms with van der Waals surface area (Å²) in [7, 11) is 1.55. The van der Waals surface area contributed by atoms with Crippen LogP contribution in [0.25, 0.3) is 0 Å². The molecule has 23 heavy (non-hydrogen) atoms. The van der Waals surface area contributed by atoms with E-state index in [4.69, 9.17) is 4.74 Å². The number of ether oxygens (including phenoxy) is 1. The van der Waals surface area contributed by atoms with Crippen molar-refractivity contribution < 1.29 is 9.53 Å². The Morgan fingerprint density at radius 2 is 2.30 bits per heavy atom. The van der Waals surface area contributed by atoms with Gasteiger partial charge in [0, 0.05) is 24.9 Å². The Kier molecular flexibility index (Phi) is 4.32. The summed E-state index contributed by atoms with van der Waals surface area (Å²) >= 11 is 1.71. The first-order valence-electron chi connectivity index (χ1n) is 7.49. The first-order valence-corrected chi connectivity index (χ1v) is 8.37. The SMILES string of the molecule is Cc1nn(C)c(=O)c(C(=O)NC[C@@H]2OCCc3sccc32)c1C. The van der Waals surface area contributed by atoms with E-state index >= 15 is 0 Å². The second-order valence-electron chi connectivity index (χ2n) is 5.63. The molecule has 1 aliphatic heterocycles. The molecular weight excluding hydrogens is 314 g/mol. The second-order valence-corrected chi connectivity index (χ2v) is 6.63. The molecule has 0 aromatic carbocycles. The van der Waals surface area contributed by atoms with Gasteiger partial charge in [-0.3, -0.25) is 9.59 Å². The van der Waals surface area contributed by atoms with Crippen molar-refractivity contribution in [3.8, 4) is 0 Å². The van der Waals surface area contributed by atoms with E-state index in [0.717, 1.165) is 12.0 Å². The molecule has 0 unspecified atom stereocenters. The molecular formula is C16H19N3O3S. The number of nitrogens with zero attached hydrogens (tertiary/aromatic N) is 2. The molecule has 0 saturated heterocycles. The standard InChI is InChI=1S/C16H19N3O3S/c1-9-10(2)18-19(3)16(21)14(9)15(20)17-8-12-11-5-7-23-13(11)4-6-22-12/h5,7,12H,4,6,8H2,1-3H3,(H,17,20)/t12-/m0/s1. The Morgan fingerprint density at radius 3 is 3.09 bits per heavy atom. The summed E-state index contributed by atoms with van der Waals surface area (Å²) in [4.78, 5) is 26.0. The van der Waals surface area contributed by atoms with Crippen molar-refractivity contribution in [2.24, 2.45) is 7.05 Å². The van der Waals surface area contributed by atoms with Crippen LogP contribution in [-0.4, -0.2) is 28.8 Å². The number of hydrogen-bond acceptors (Lipinski definition) is 5. The van der Waals surface area contributed by atoms with Gasteiger partial charge in [-0.05, 0) is 36.4 Å². The number of nitrogens with one attached hydrogen (secondary N) is 1. The maximum absolute atomic E-state index is 12.5. The van der Waals surface area contributed by atoms with Gasteiger partial charge in [-0.25, -0.2) is 4.68 Å². The molecule has 1 N–H and O–H groups in total. The molecule has 3 heterocycles. The molecule has 3 rings (SSSR count). The van der Waals surface area contributed by atoms with Crippen LogP contribution in [0.2, 0.25) is 0 Å². The molecule has 1 atom stereocenters. The summed E-state index contributed by atoms with van der Waals surface area (Å²) in [5.41, 5.74) is 2.20. The first kappa shape index (κ1) is 15.9. The first-order chi connectivity index (χ1) is 11.0. The van der Waals surface area contributed by atoms with E-state index in [-0.39, 0.29) is 23.1 Å². The summed E-state index contributed by atoms with van der Waals surface area (Å²) in [5.74, 6) is -0.375.